The Morgan fingerprint density at radius 2 is 1.66 bits per heavy atom. The molecule has 220 valence electrons. The fourth-order valence-corrected chi connectivity index (χ4v) is 9.89. The third kappa shape index (κ3) is 7.47. The number of thioether (sulfide) groups is 1. The zero-order valence-electron chi connectivity index (χ0n) is 26.7. The molecular formula is C36H64OS. The van der Waals surface area contributed by atoms with Crippen LogP contribution in [0.5, 0.6) is 0 Å². The van der Waals surface area contributed by atoms with E-state index in [0.717, 1.165) is 52.8 Å². The lowest BCUT2D eigenvalue weighted by molar-refractivity contribution is -0.0521. The van der Waals surface area contributed by atoms with Gasteiger partial charge in [-0.3, -0.25) is 0 Å². The van der Waals surface area contributed by atoms with E-state index in [0.29, 0.717) is 16.9 Å². The standard InChI is InChI=1S/C34H58OS.C2H6/c1-24(2)11-8-9-13-27-15-17-31-30-16-14-28-23-29(35-26(5)36-22-10-12-25(3)4)18-20-34(28,7)32(30)19-21-33(27,31)6;1-2/h14,24-25,27,29-32H,5,8-13,15-23H2,1-4,6-7H3;1-2H3/t27?,29-,30?,31?,32?,33+,34-;/m0./s1. The van der Waals surface area contributed by atoms with Crippen LogP contribution in [0.15, 0.2) is 23.3 Å². The fourth-order valence-electron chi connectivity index (χ4n) is 9.15. The van der Waals surface area contributed by atoms with Crippen molar-refractivity contribution < 1.29 is 4.74 Å². The average Bonchev–Trinajstić information content (AvgIpc) is 3.22. The van der Waals surface area contributed by atoms with Gasteiger partial charge in [-0.25, -0.2) is 0 Å². The van der Waals surface area contributed by atoms with Crippen LogP contribution in [-0.4, -0.2) is 11.9 Å². The first-order valence-electron chi connectivity index (χ1n) is 16.8. The van der Waals surface area contributed by atoms with Crippen molar-refractivity contribution >= 4 is 11.8 Å². The Labute approximate surface area is 242 Å². The molecule has 1 nitrogen and oxygen atoms in total. The van der Waals surface area contributed by atoms with Crippen molar-refractivity contribution in [2.24, 2.45) is 46.3 Å². The van der Waals surface area contributed by atoms with E-state index in [1.807, 2.05) is 25.6 Å². The first-order chi connectivity index (χ1) is 18.1. The van der Waals surface area contributed by atoms with Gasteiger partial charge in [-0.05, 0) is 111 Å². The maximum atomic E-state index is 6.42. The summed E-state index contributed by atoms with van der Waals surface area (Å²) in [7, 11) is 0. The van der Waals surface area contributed by atoms with Crippen molar-refractivity contribution in [1.29, 1.82) is 0 Å². The Morgan fingerprint density at radius 1 is 0.947 bits per heavy atom. The summed E-state index contributed by atoms with van der Waals surface area (Å²) < 4.78 is 6.42. The first kappa shape index (κ1) is 32.1. The summed E-state index contributed by atoms with van der Waals surface area (Å²) in [5.41, 5.74) is 2.78. The van der Waals surface area contributed by atoms with Gasteiger partial charge in [-0.2, -0.15) is 0 Å². The molecule has 4 unspecified atom stereocenters. The van der Waals surface area contributed by atoms with Crippen LogP contribution < -0.4 is 0 Å². The van der Waals surface area contributed by atoms with Crippen molar-refractivity contribution in [2.75, 3.05) is 5.75 Å². The molecule has 4 aliphatic rings. The van der Waals surface area contributed by atoms with Gasteiger partial charge >= 0.3 is 0 Å². The summed E-state index contributed by atoms with van der Waals surface area (Å²) in [5.74, 6) is 6.60. The highest BCUT2D eigenvalue weighted by Gasteiger charge is 2.58. The molecular weight excluding hydrogens is 480 g/mol. The largest absolute Gasteiger partial charge is 0.485 e. The van der Waals surface area contributed by atoms with Crippen LogP contribution in [0.25, 0.3) is 0 Å². The van der Waals surface area contributed by atoms with Crippen molar-refractivity contribution in [3.8, 4) is 0 Å². The Morgan fingerprint density at radius 3 is 2.37 bits per heavy atom. The summed E-state index contributed by atoms with van der Waals surface area (Å²) in [6.07, 6.45) is 22.4. The second-order valence-electron chi connectivity index (χ2n) is 14.5. The normalized spacial score (nSPS) is 36.1. The van der Waals surface area contributed by atoms with Crippen LogP contribution in [0.3, 0.4) is 0 Å². The molecule has 0 aromatic rings. The predicted octanol–water partition coefficient (Wildman–Crippen LogP) is 11.8. The summed E-state index contributed by atoms with van der Waals surface area (Å²) in [5, 5.41) is 0.959. The molecule has 0 N–H and O–H groups in total. The Bertz CT molecular complexity index is 767. The molecule has 3 fully saturated rings. The van der Waals surface area contributed by atoms with E-state index in [-0.39, 0.29) is 0 Å². The van der Waals surface area contributed by atoms with Crippen LogP contribution >= 0.6 is 11.8 Å². The molecule has 4 aliphatic carbocycles. The molecule has 0 spiro atoms. The molecule has 0 heterocycles. The SMILES string of the molecule is C=C(O[C@H]1CC[C@@]2(C)C(=CCC3C4CCC(CCCCC(C)C)[C@@]4(C)CCC32)C1)SCCCC(C)C.CC. The summed E-state index contributed by atoms with van der Waals surface area (Å²) in [4.78, 5) is 0. The highest BCUT2D eigenvalue weighted by molar-refractivity contribution is 8.02. The van der Waals surface area contributed by atoms with E-state index < -0.39 is 0 Å². The molecule has 0 bridgehead atoms. The molecule has 0 aromatic heterocycles. The maximum Gasteiger partial charge on any atom is 0.146 e. The van der Waals surface area contributed by atoms with Crippen molar-refractivity contribution in [3.63, 3.8) is 0 Å². The van der Waals surface area contributed by atoms with Crippen molar-refractivity contribution in [3.05, 3.63) is 23.3 Å². The van der Waals surface area contributed by atoms with Crippen LogP contribution in [0.1, 0.15) is 145 Å². The minimum Gasteiger partial charge on any atom is -0.485 e. The lowest BCUT2D eigenvalue weighted by Crippen LogP contribution is -2.50. The van der Waals surface area contributed by atoms with Gasteiger partial charge in [0.1, 0.15) is 11.2 Å². The minimum atomic E-state index is 0.349. The summed E-state index contributed by atoms with van der Waals surface area (Å²) in [6.45, 7) is 23.0. The summed E-state index contributed by atoms with van der Waals surface area (Å²) >= 11 is 1.84. The van der Waals surface area contributed by atoms with E-state index >= 15 is 0 Å². The number of hydrogen-bond donors (Lipinski definition) is 0. The Kier molecular flexibility index (Phi) is 12.3. The molecule has 0 saturated heterocycles. The predicted molar refractivity (Wildman–Crippen MR) is 170 cm³/mol. The van der Waals surface area contributed by atoms with E-state index in [1.165, 1.54) is 83.5 Å². The number of hydrogen-bond acceptors (Lipinski definition) is 2. The summed E-state index contributed by atoms with van der Waals surface area (Å²) in [6, 6.07) is 0. The van der Waals surface area contributed by atoms with Gasteiger partial charge in [0.2, 0.25) is 0 Å². The number of fused-ring (bicyclic) bond motifs is 5. The van der Waals surface area contributed by atoms with Gasteiger partial charge in [0.25, 0.3) is 0 Å². The van der Waals surface area contributed by atoms with Gasteiger partial charge in [-0.15, -0.1) is 0 Å². The van der Waals surface area contributed by atoms with E-state index in [4.69, 9.17) is 4.74 Å². The number of rotatable bonds is 12. The monoisotopic (exact) mass is 544 g/mol. The highest BCUT2D eigenvalue weighted by Crippen LogP contribution is 2.66. The van der Waals surface area contributed by atoms with E-state index in [1.54, 1.807) is 5.57 Å². The second-order valence-corrected chi connectivity index (χ2v) is 15.6. The van der Waals surface area contributed by atoms with Gasteiger partial charge in [0, 0.05) is 12.2 Å². The van der Waals surface area contributed by atoms with Crippen LogP contribution in [0, 0.1) is 46.3 Å². The molecule has 2 heteroatoms. The van der Waals surface area contributed by atoms with Gasteiger partial charge in [0.15, 0.2) is 0 Å². The number of unbranched alkanes of at least 4 members (excludes halogenated alkanes) is 1. The fraction of sp³-hybridized carbons (Fsp3) is 0.889. The smallest absolute Gasteiger partial charge is 0.146 e. The minimum absolute atomic E-state index is 0.349. The lowest BCUT2D eigenvalue weighted by atomic mass is 9.47. The number of allylic oxidation sites excluding steroid dienone is 1. The van der Waals surface area contributed by atoms with Crippen LogP contribution in [-0.2, 0) is 4.74 Å². The van der Waals surface area contributed by atoms with E-state index in [2.05, 4.69) is 54.2 Å². The molecule has 0 amide bonds. The molecule has 4 rings (SSSR count). The van der Waals surface area contributed by atoms with Crippen LogP contribution in [0.4, 0.5) is 0 Å². The number of ether oxygens (including phenoxy) is 1. The third-order valence-electron chi connectivity index (χ3n) is 11.3. The van der Waals surface area contributed by atoms with Gasteiger partial charge < -0.3 is 4.74 Å². The second kappa shape index (κ2) is 14.5. The lowest BCUT2D eigenvalue weighted by Gasteiger charge is -2.58. The Hall–Kier alpha value is -0.370. The van der Waals surface area contributed by atoms with Crippen molar-refractivity contribution in [1.82, 2.24) is 0 Å². The average molecular weight is 545 g/mol. The molecule has 7 atom stereocenters. The molecule has 38 heavy (non-hydrogen) atoms. The van der Waals surface area contributed by atoms with Crippen LogP contribution in [0.2, 0.25) is 0 Å². The molecule has 0 aromatic carbocycles. The zero-order valence-corrected chi connectivity index (χ0v) is 27.6. The quantitative estimate of drug-likeness (QED) is 0.137. The molecule has 3 saturated carbocycles. The first-order valence-corrected chi connectivity index (χ1v) is 17.8. The zero-order chi connectivity index (χ0) is 27.9. The molecule has 0 aliphatic heterocycles. The van der Waals surface area contributed by atoms with Gasteiger partial charge in [-0.1, -0.05) is 104 Å². The van der Waals surface area contributed by atoms with Crippen molar-refractivity contribution in [2.45, 2.75) is 151 Å². The maximum absolute atomic E-state index is 6.42. The highest BCUT2D eigenvalue weighted by atomic mass is 32.2. The van der Waals surface area contributed by atoms with Gasteiger partial charge in [0.05, 0.1) is 0 Å². The molecule has 0 radical (unpaired) electrons. The third-order valence-corrected chi connectivity index (χ3v) is 12.2. The van der Waals surface area contributed by atoms with E-state index in [9.17, 15) is 0 Å². The Balaban J connectivity index is 0.00000195. The topological polar surface area (TPSA) is 9.23 Å².